The van der Waals surface area contributed by atoms with Crippen molar-refractivity contribution in [3.05, 3.63) is 58.9 Å². The van der Waals surface area contributed by atoms with Crippen LogP contribution in [0.2, 0.25) is 0 Å². The van der Waals surface area contributed by atoms with Gasteiger partial charge in [-0.05, 0) is 37.1 Å². The predicted octanol–water partition coefficient (Wildman–Crippen LogP) is 4.12. The molecule has 0 radical (unpaired) electrons. The average molecular weight is 361 g/mol. The Balaban J connectivity index is 1.88. The largest absolute Gasteiger partial charge is 0.330 e. The van der Waals surface area contributed by atoms with Gasteiger partial charge in [0.1, 0.15) is 5.82 Å². The number of anilines is 1. The van der Waals surface area contributed by atoms with Crippen molar-refractivity contribution in [3.8, 4) is 11.3 Å². The van der Waals surface area contributed by atoms with Crippen molar-refractivity contribution in [1.29, 1.82) is 0 Å². The van der Waals surface area contributed by atoms with Crippen molar-refractivity contribution in [2.75, 3.05) is 5.32 Å². The Morgan fingerprint density at radius 3 is 2.56 bits per heavy atom. The molecule has 3 aromatic rings. The van der Waals surface area contributed by atoms with E-state index in [1.807, 2.05) is 54.1 Å². The highest BCUT2D eigenvalue weighted by Gasteiger charge is 2.25. The number of para-hydroxylation sites is 1. The molecule has 4 rings (SSSR count). The zero-order valence-corrected chi connectivity index (χ0v) is 15.4. The monoisotopic (exact) mass is 361 g/mol. The fraction of sp³-hybridized carbons (Fsp3) is 0.318. The summed E-state index contributed by atoms with van der Waals surface area (Å²) in [5.74, 6) is 0.530. The number of pyridine rings is 2. The van der Waals surface area contributed by atoms with Gasteiger partial charge in [0.15, 0.2) is 0 Å². The van der Waals surface area contributed by atoms with Crippen molar-refractivity contribution < 1.29 is 4.79 Å². The quantitative estimate of drug-likeness (QED) is 0.763. The second-order valence-electron chi connectivity index (χ2n) is 7.17. The number of nitrogens with zero attached hydrogens (tertiary/aromatic N) is 2. The van der Waals surface area contributed by atoms with Gasteiger partial charge in [-0.1, -0.05) is 37.5 Å². The summed E-state index contributed by atoms with van der Waals surface area (Å²) in [6.45, 7) is 0. The topological polar surface area (TPSA) is 64.0 Å². The van der Waals surface area contributed by atoms with Gasteiger partial charge in [-0.2, -0.15) is 0 Å². The molecule has 1 aliphatic carbocycles. The highest BCUT2D eigenvalue weighted by atomic mass is 16.2. The number of aryl methyl sites for hydroxylation is 1. The number of carbonyl (C=O) groups is 1. The van der Waals surface area contributed by atoms with E-state index in [1.165, 1.54) is 6.42 Å². The molecule has 0 atom stereocenters. The third kappa shape index (κ3) is 3.25. The maximum absolute atomic E-state index is 13.3. The molecule has 0 spiro atoms. The number of amides is 1. The zero-order chi connectivity index (χ0) is 18.8. The first-order valence-electron chi connectivity index (χ1n) is 9.51. The first-order valence-corrected chi connectivity index (χ1v) is 9.51. The number of nitrogens with one attached hydrogen (secondary N) is 1. The summed E-state index contributed by atoms with van der Waals surface area (Å²) in [4.78, 5) is 30.5. The van der Waals surface area contributed by atoms with E-state index in [2.05, 4.69) is 10.3 Å². The SMILES string of the molecule is Cn1c(NC(=O)C2CCCCC2)c(-c2ccccn2)c(=O)c2ccccc21. The molecule has 1 amide bonds. The fourth-order valence-electron chi connectivity index (χ4n) is 3.97. The van der Waals surface area contributed by atoms with E-state index >= 15 is 0 Å². The molecule has 1 fully saturated rings. The maximum atomic E-state index is 13.3. The standard InChI is InChI=1S/C22H23N3O2/c1-25-18-13-6-5-11-16(18)20(26)19(17-12-7-8-14-23-17)21(25)24-22(27)15-9-3-2-4-10-15/h5-8,11-15H,2-4,9-10H2,1H3,(H,24,27). The fourth-order valence-corrected chi connectivity index (χ4v) is 3.97. The minimum absolute atomic E-state index is 0.00263. The highest BCUT2D eigenvalue weighted by Crippen LogP contribution is 2.29. The number of aromatic nitrogens is 2. The summed E-state index contributed by atoms with van der Waals surface area (Å²) in [5.41, 5.74) is 1.70. The minimum Gasteiger partial charge on any atom is -0.330 e. The summed E-state index contributed by atoms with van der Waals surface area (Å²) >= 11 is 0. The minimum atomic E-state index is -0.110. The third-order valence-electron chi connectivity index (χ3n) is 5.45. The van der Waals surface area contributed by atoms with Crippen LogP contribution < -0.4 is 10.7 Å². The van der Waals surface area contributed by atoms with Crippen LogP contribution >= 0.6 is 0 Å². The number of hydrogen-bond acceptors (Lipinski definition) is 3. The Labute approximate surface area is 158 Å². The molecule has 5 nitrogen and oxygen atoms in total. The molecular weight excluding hydrogens is 338 g/mol. The first-order chi connectivity index (χ1) is 13.2. The Morgan fingerprint density at radius 1 is 1.07 bits per heavy atom. The third-order valence-corrected chi connectivity index (χ3v) is 5.45. The lowest BCUT2D eigenvalue weighted by Gasteiger charge is -2.23. The van der Waals surface area contributed by atoms with Gasteiger partial charge in [0, 0.05) is 24.5 Å². The van der Waals surface area contributed by atoms with E-state index in [4.69, 9.17) is 0 Å². The van der Waals surface area contributed by atoms with Crippen LogP contribution in [0.15, 0.2) is 53.5 Å². The Morgan fingerprint density at radius 2 is 1.81 bits per heavy atom. The normalized spacial score (nSPS) is 15.0. The number of rotatable bonds is 3. The van der Waals surface area contributed by atoms with Crippen LogP contribution in [-0.2, 0) is 11.8 Å². The van der Waals surface area contributed by atoms with Gasteiger partial charge in [0.05, 0.1) is 16.8 Å². The molecule has 0 bridgehead atoms. The number of carbonyl (C=O) groups excluding carboxylic acids is 1. The van der Waals surface area contributed by atoms with E-state index < -0.39 is 0 Å². The molecule has 2 aromatic heterocycles. The molecule has 0 aliphatic heterocycles. The number of hydrogen-bond donors (Lipinski definition) is 1. The lowest BCUT2D eigenvalue weighted by atomic mass is 9.88. The summed E-state index contributed by atoms with van der Waals surface area (Å²) in [7, 11) is 1.88. The molecule has 5 heteroatoms. The van der Waals surface area contributed by atoms with Crippen molar-refractivity contribution in [2.24, 2.45) is 13.0 Å². The van der Waals surface area contributed by atoms with Crippen LogP contribution in [0.4, 0.5) is 5.82 Å². The zero-order valence-electron chi connectivity index (χ0n) is 15.4. The van der Waals surface area contributed by atoms with Crippen LogP contribution in [0.3, 0.4) is 0 Å². The van der Waals surface area contributed by atoms with Crippen molar-refractivity contribution in [1.82, 2.24) is 9.55 Å². The molecule has 0 saturated heterocycles. The summed E-state index contributed by atoms with van der Waals surface area (Å²) in [6.07, 6.45) is 6.84. The molecule has 1 N–H and O–H groups in total. The molecule has 1 saturated carbocycles. The van der Waals surface area contributed by atoms with Crippen molar-refractivity contribution in [3.63, 3.8) is 0 Å². The lowest BCUT2D eigenvalue weighted by Crippen LogP contribution is -2.28. The van der Waals surface area contributed by atoms with Crippen LogP contribution in [-0.4, -0.2) is 15.5 Å². The van der Waals surface area contributed by atoms with Gasteiger partial charge in [-0.25, -0.2) is 0 Å². The Hall–Kier alpha value is -2.95. The molecule has 2 heterocycles. The van der Waals surface area contributed by atoms with Crippen molar-refractivity contribution in [2.45, 2.75) is 32.1 Å². The van der Waals surface area contributed by atoms with Gasteiger partial charge in [-0.3, -0.25) is 14.6 Å². The van der Waals surface area contributed by atoms with Crippen LogP contribution in [0.25, 0.3) is 22.2 Å². The molecular formula is C22H23N3O2. The molecule has 1 aliphatic rings. The van der Waals surface area contributed by atoms with E-state index in [-0.39, 0.29) is 17.3 Å². The molecule has 138 valence electrons. The summed E-state index contributed by atoms with van der Waals surface area (Å²) in [5, 5.41) is 3.69. The van der Waals surface area contributed by atoms with Gasteiger partial charge >= 0.3 is 0 Å². The molecule has 1 aromatic carbocycles. The Bertz CT molecular complexity index is 1030. The summed E-state index contributed by atoms with van der Waals surface area (Å²) < 4.78 is 1.89. The average Bonchev–Trinajstić information content (AvgIpc) is 2.73. The van der Waals surface area contributed by atoms with Crippen LogP contribution in [0.5, 0.6) is 0 Å². The first kappa shape index (κ1) is 17.5. The second kappa shape index (κ2) is 7.35. The van der Waals surface area contributed by atoms with E-state index in [0.717, 1.165) is 31.2 Å². The van der Waals surface area contributed by atoms with E-state index in [1.54, 1.807) is 6.20 Å². The van der Waals surface area contributed by atoms with E-state index in [0.29, 0.717) is 22.5 Å². The van der Waals surface area contributed by atoms with Crippen LogP contribution in [0.1, 0.15) is 32.1 Å². The Kier molecular flexibility index (Phi) is 4.75. The highest BCUT2D eigenvalue weighted by molar-refractivity contribution is 5.98. The molecule has 0 unspecified atom stereocenters. The van der Waals surface area contributed by atoms with Gasteiger partial charge in [0.2, 0.25) is 11.3 Å². The maximum Gasteiger partial charge on any atom is 0.228 e. The predicted molar refractivity (Wildman–Crippen MR) is 108 cm³/mol. The smallest absolute Gasteiger partial charge is 0.228 e. The van der Waals surface area contributed by atoms with Gasteiger partial charge < -0.3 is 9.88 Å². The number of fused-ring (bicyclic) bond motifs is 1. The summed E-state index contributed by atoms with van der Waals surface area (Å²) in [6, 6.07) is 12.9. The van der Waals surface area contributed by atoms with Gasteiger partial charge in [-0.15, -0.1) is 0 Å². The number of benzene rings is 1. The second-order valence-corrected chi connectivity index (χ2v) is 7.17. The van der Waals surface area contributed by atoms with E-state index in [9.17, 15) is 9.59 Å². The van der Waals surface area contributed by atoms with Crippen LogP contribution in [0, 0.1) is 5.92 Å². The van der Waals surface area contributed by atoms with Gasteiger partial charge in [0.25, 0.3) is 0 Å². The molecule has 27 heavy (non-hydrogen) atoms. The lowest BCUT2D eigenvalue weighted by molar-refractivity contribution is -0.120. The van der Waals surface area contributed by atoms with Crippen molar-refractivity contribution >= 4 is 22.6 Å².